The molecule has 1 heterocycles. The van der Waals surface area contributed by atoms with E-state index in [2.05, 4.69) is 10.6 Å². The van der Waals surface area contributed by atoms with Crippen molar-refractivity contribution >= 4 is 23.5 Å². The molecule has 0 radical (unpaired) electrons. The molecular weight excluding hydrogens is 260 g/mol. The number of carboxylic acids is 1. The minimum atomic E-state index is -0.946. The Labute approximate surface area is 116 Å². The Balaban J connectivity index is 2.04. The molecule has 1 atom stereocenters. The molecule has 6 heteroatoms. The third-order valence-corrected chi connectivity index (χ3v) is 3.25. The largest absolute Gasteiger partial charge is 0.481 e. The van der Waals surface area contributed by atoms with E-state index >= 15 is 0 Å². The summed E-state index contributed by atoms with van der Waals surface area (Å²) in [5, 5.41) is 14.1. The molecule has 0 bridgehead atoms. The number of carbonyl (C=O) groups is 3. The molecular formula is C14H16N2O4. The predicted octanol–water partition coefficient (Wildman–Crippen LogP) is 1.02. The molecule has 1 aliphatic heterocycles. The van der Waals surface area contributed by atoms with Crippen molar-refractivity contribution in [3.8, 4) is 0 Å². The molecule has 0 aromatic heterocycles. The van der Waals surface area contributed by atoms with Crippen molar-refractivity contribution in [1.82, 2.24) is 5.32 Å². The average Bonchev–Trinajstić information content (AvgIpc) is 2.43. The molecule has 0 saturated heterocycles. The smallest absolute Gasteiger partial charge is 0.308 e. The summed E-state index contributed by atoms with van der Waals surface area (Å²) in [5.41, 5.74) is 2.12. The van der Waals surface area contributed by atoms with E-state index in [4.69, 9.17) is 5.11 Å². The molecule has 0 fully saturated rings. The van der Waals surface area contributed by atoms with Gasteiger partial charge in [0.25, 0.3) is 5.91 Å². The number of rotatable bonds is 4. The molecule has 2 amide bonds. The number of benzene rings is 1. The fourth-order valence-corrected chi connectivity index (χ4v) is 1.96. The number of carboxylic acid groups (broad SMARTS) is 1. The normalized spacial score (nSPS) is 14.9. The van der Waals surface area contributed by atoms with Gasteiger partial charge in [0.2, 0.25) is 5.91 Å². The average molecular weight is 276 g/mol. The molecule has 106 valence electrons. The summed E-state index contributed by atoms with van der Waals surface area (Å²) in [7, 11) is 0. The topological polar surface area (TPSA) is 95.5 Å². The predicted molar refractivity (Wildman–Crippen MR) is 72.5 cm³/mol. The van der Waals surface area contributed by atoms with Crippen molar-refractivity contribution < 1.29 is 19.5 Å². The zero-order valence-electron chi connectivity index (χ0n) is 11.1. The molecule has 6 nitrogen and oxygen atoms in total. The quantitative estimate of drug-likeness (QED) is 0.765. The highest BCUT2D eigenvalue weighted by Gasteiger charge is 2.17. The number of fused-ring (bicyclic) bond motifs is 1. The molecule has 1 unspecified atom stereocenters. The maximum absolute atomic E-state index is 11.9. The van der Waals surface area contributed by atoms with Gasteiger partial charge in [-0.1, -0.05) is 6.92 Å². The summed E-state index contributed by atoms with van der Waals surface area (Å²) in [6.07, 6.45) is 1.02. The highest BCUT2D eigenvalue weighted by Crippen LogP contribution is 2.23. The van der Waals surface area contributed by atoms with Gasteiger partial charge in [0.15, 0.2) is 0 Å². The van der Waals surface area contributed by atoms with Crippen molar-refractivity contribution in [3.63, 3.8) is 0 Å². The van der Waals surface area contributed by atoms with Crippen LogP contribution in [0.15, 0.2) is 18.2 Å². The van der Waals surface area contributed by atoms with Crippen molar-refractivity contribution in [2.75, 3.05) is 11.9 Å². The van der Waals surface area contributed by atoms with Crippen LogP contribution in [-0.4, -0.2) is 29.4 Å². The molecule has 2 rings (SSSR count). The SMILES string of the molecule is CC(CNC(=O)c1ccc2c(c1)CCC(=O)N2)C(=O)O. The van der Waals surface area contributed by atoms with Crippen LogP contribution in [0.2, 0.25) is 0 Å². The van der Waals surface area contributed by atoms with Crippen LogP contribution in [0.1, 0.15) is 29.3 Å². The summed E-state index contributed by atoms with van der Waals surface area (Å²) in [6.45, 7) is 1.62. The Morgan fingerprint density at radius 3 is 2.85 bits per heavy atom. The molecule has 3 N–H and O–H groups in total. The first-order valence-corrected chi connectivity index (χ1v) is 6.41. The summed E-state index contributed by atoms with van der Waals surface area (Å²) in [5.74, 6) is -1.91. The van der Waals surface area contributed by atoms with E-state index in [0.29, 0.717) is 18.4 Å². The third kappa shape index (κ3) is 3.14. The fourth-order valence-electron chi connectivity index (χ4n) is 1.96. The van der Waals surface area contributed by atoms with Gasteiger partial charge in [0.05, 0.1) is 5.92 Å². The Hall–Kier alpha value is -2.37. The van der Waals surface area contributed by atoms with Crippen molar-refractivity contribution in [2.45, 2.75) is 19.8 Å². The van der Waals surface area contributed by atoms with E-state index in [-0.39, 0.29) is 18.4 Å². The van der Waals surface area contributed by atoms with Gasteiger partial charge in [-0.3, -0.25) is 14.4 Å². The Morgan fingerprint density at radius 1 is 1.40 bits per heavy atom. The molecule has 1 aromatic carbocycles. The number of amides is 2. The first-order chi connectivity index (χ1) is 9.47. The van der Waals surface area contributed by atoms with Crippen LogP contribution >= 0.6 is 0 Å². The molecule has 1 aromatic rings. The highest BCUT2D eigenvalue weighted by molar-refractivity contribution is 5.98. The third-order valence-electron chi connectivity index (χ3n) is 3.25. The monoisotopic (exact) mass is 276 g/mol. The van der Waals surface area contributed by atoms with Gasteiger partial charge in [0, 0.05) is 24.2 Å². The first kappa shape index (κ1) is 14.0. The van der Waals surface area contributed by atoms with Gasteiger partial charge in [-0.2, -0.15) is 0 Å². The van der Waals surface area contributed by atoms with E-state index in [9.17, 15) is 14.4 Å². The fraction of sp³-hybridized carbons (Fsp3) is 0.357. The second kappa shape index (κ2) is 5.73. The van der Waals surface area contributed by atoms with E-state index in [1.807, 2.05) is 0 Å². The second-order valence-corrected chi connectivity index (χ2v) is 4.87. The maximum Gasteiger partial charge on any atom is 0.308 e. The Morgan fingerprint density at radius 2 is 2.15 bits per heavy atom. The molecule has 0 spiro atoms. The lowest BCUT2D eigenvalue weighted by Gasteiger charge is -2.17. The van der Waals surface area contributed by atoms with E-state index in [1.54, 1.807) is 18.2 Å². The van der Waals surface area contributed by atoms with E-state index in [1.165, 1.54) is 6.92 Å². The number of carbonyl (C=O) groups excluding carboxylic acids is 2. The van der Waals surface area contributed by atoms with Crippen LogP contribution < -0.4 is 10.6 Å². The van der Waals surface area contributed by atoms with Gasteiger partial charge in [-0.05, 0) is 30.2 Å². The summed E-state index contributed by atoms with van der Waals surface area (Å²) < 4.78 is 0. The van der Waals surface area contributed by atoms with Gasteiger partial charge < -0.3 is 15.7 Å². The first-order valence-electron chi connectivity index (χ1n) is 6.41. The molecule has 0 saturated carbocycles. The minimum Gasteiger partial charge on any atom is -0.481 e. The van der Waals surface area contributed by atoms with Crippen LogP contribution in [0.5, 0.6) is 0 Å². The zero-order valence-corrected chi connectivity index (χ0v) is 11.1. The van der Waals surface area contributed by atoms with Crippen LogP contribution in [0.4, 0.5) is 5.69 Å². The van der Waals surface area contributed by atoms with Gasteiger partial charge in [-0.15, -0.1) is 0 Å². The van der Waals surface area contributed by atoms with Crippen LogP contribution in [-0.2, 0) is 16.0 Å². The Kier molecular flexibility index (Phi) is 4.02. The van der Waals surface area contributed by atoms with Gasteiger partial charge in [-0.25, -0.2) is 0 Å². The summed E-state index contributed by atoms with van der Waals surface area (Å²) in [6, 6.07) is 5.04. The lowest BCUT2D eigenvalue weighted by atomic mass is 10.00. The lowest BCUT2D eigenvalue weighted by molar-refractivity contribution is -0.140. The Bertz CT molecular complexity index is 568. The molecule has 20 heavy (non-hydrogen) atoms. The van der Waals surface area contributed by atoms with E-state index < -0.39 is 11.9 Å². The summed E-state index contributed by atoms with van der Waals surface area (Å²) in [4.78, 5) is 33.8. The van der Waals surface area contributed by atoms with Crippen molar-refractivity contribution in [2.24, 2.45) is 5.92 Å². The minimum absolute atomic E-state index is 0.0232. The molecule has 0 aliphatic carbocycles. The van der Waals surface area contributed by atoms with Gasteiger partial charge >= 0.3 is 5.97 Å². The van der Waals surface area contributed by atoms with Crippen LogP contribution in [0.3, 0.4) is 0 Å². The van der Waals surface area contributed by atoms with Crippen LogP contribution in [0, 0.1) is 5.92 Å². The summed E-state index contributed by atoms with van der Waals surface area (Å²) >= 11 is 0. The lowest BCUT2D eigenvalue weighted by Crippen LogP contribution is -2.31. The van der Waals surface area contributed by atoms with Crippen molar-refractivity contribution in [1.29, 1.82) is 0 Å². The zero-order chi connectivity index (χ0) is 14.7. The second-order valence-electron chi connectivity index (χ2n) is 4.87. The van der Waals surface area contributed by atoms with Gasteiger partial charge in [0.1, 0.15) is 0 Å². The van der Waals surface area contributed by atoms with E-state index in [0.717, 1.165) is 11.3 Å². The maximum atomic E-state index is 11.9. The van der Waals surface area contributed by atoms with Crippen LogP contribution in [0.25, 0.3) is 0 Å². The van der Waals surface area contributed by atoms with Crippen molar-refractivity contribution in [3.05, 3.63) is 29.3 Å². The molecule has 1 aliphatic rings. The number of hydrogen-bond acceptors (Lipinski definition) is 3. The standard InChI is InChI=1S/C14H16N2O4/c1-8(14(19)20)7-15-13(18)10-2-4-11-9(6-10)3-5-12(17)16-11/h2,4,6,8H,3,5,7H2,1H3,(H,15,18)(H,16,17)(H,19,20). The number of hydrogen-bond donors (Lipinski definition) is 3. The number of aryl methyl sites for hydroxylation is 1. The number of anilines is 1. The highest BCUT2D eigenvalue weighted by atomic mass is 16.4. The number of aliphatic carboxylic acids is 1. The number of nitrogens with one attached hydrogen (secondary N) is 2.